The van der Waals surface area contributed by atoms with Crippen molar-refractivity contribution >= 4 is 22.4 Å². The fraction of sp³-hybridized carbons (Fsp3) is 0.308. The molecule has 0 radical (unpaired) electrons. The number of hydrogen-bond acceptors (Lipinski definition) is 5. The molecule has 2 N–H and O–H groups in total. The van der Waals surface area contributed by atoms with Gasteiger partial charge in [-0.25, -0.2) is 13.8 Å². The normalized spacial score (nSPS) is 20.4. The maximum absolute atomic E-state index is 13.1. The second kappa shape index (κ2) is 5.45. The lowest BCUT2D eigenvalue weighted by molar-refractivity contribution is -0.118. The van der Waals surface area contributed by atoms with Gasteiger partial charge in [0, 0.05) is 18.0 Å². The number of carbonyl (C=O) groups excluding carboxylic acids is 1. The number of nitrogens with one attached hydrogen (secondary N) is 2. The summed E-state index contributed by atoms with van der Waals surface area (Å²) in [5, 5.41) is 7.20. The van der Waals surface area contributed by atoms with Crippen LogP contribution in [0.3, 0.4) is 0 Å². The van der Waals surface area contributed by atoms with Gasteiger partial charge < -0.3 is 5.32 Å². The molecular formula is C13H12F2N4OS. The van der Waals surface area contributed by atoms with Crippen molar-refractivity contribution in [3.05, 3.63) is 29.8 Å². The van der Waals surface area contributed by atoms with Gasteiger partial charge in [0.25, 0.3) is 5.92 Å². The van der Waals surface area contributed by atoms with Crippen molar-refractivity contribution in [2.45, 2.75) is 18.4 Å². The molecule has 0 aliphatic carbocycles. The number of aromatic nitrogens is 2. The highest BCUT2D eigenvalue weighted by Crippen LogP contribution is 2.27. The Morgan fingerprint density at radius 1 is 1.43 bits per heavy atom. The van der Waals surface area contributed by atoms with Gasteiger partial charge in [0.2, 0.25) is 5.91 Å². The first kappa shape index (κ1) is 14.0. The lowest BCUT2D eigenvalue weighted by atomic mass is 10.2. The van der Waals surface area contributed by atoms with E-state index >= 15 is 0 Å². The number of rotatable bonds is 3. The Balaban J connectivity index is 1.66. The maximum atomic E-state index is 13.1. The van der Waals surface area contributed by atoms with Crippen LogP contribution in [-0.2, 0) is 4.79 Å². The van der Waals surface area contributed by atoms with Gasteiger partial charge in [0.05, 0.1) is 18.3 Å². The van der Waals surface area contributed by atoms with Crippen LogP contribution in [0.5, 0.6) is 0 Å². The Hall–Kier alpha value is -1.93. The lowest BCUT2D eigenvalue weighted by Gasteiger charge is -2.08. The van der Waals surface area contributed by atoms with Crippen LogP contribution in [0.15, 0.2) is 29.8 Å². The van der Waals surface area contributed by atoms with Crippen LogP contribution in [0, 0.1) is 0 Å². The average Bonchev–Trinajstić information content (AvgIpc) is 3.06. The van der Waals surface area contributed by atoms with Gasteiger partial charge >= 0.3 is 0 Å². The molecule has 1 unspecified atom stereocenters. The van der Waals surface area contributed by atoms with Gasteiger partial charge in [-0.3, -0.25) is 15.1 Å². The van der Waals surface area contributed by atoms with E-state index in [0.717, 1.165) is 0 Å². The van der Waals surface area contributed by atoms with Gasteiger partial charge in [0.1, 0.15) is 5.69 Å². The number of carbonyl (C=O) groups is 1. The minimum Gasteiger partial charge on any atom is -0.301 e. The fourth-order valence-electron chi connectivity index (χ4n) is 2.06. The SMILES string of the molecule is O=C(Nc1nc(-c2ccccn2)cs1)C1CC(F)(F)CN1. The Labute approximate surface area is 123 Å². The van der Waals surface area contributed by atoms with E-state index in [0.29, 0.717) is 16.5 Å². The molecule has 1 saturated heterocycles. The molecule has 1 atom stereocenters. The van der Waals surface area contributed by atoms with E-state index in [4.69, 9.17) is 0 Å². The quantitative estimate of drug-likeness (QED) is 0.911. The van der Waals surface area contributed by atoms with E-state index in [1.54, 1.807) is 23.7 Å². The van der Waals surface area contributed by atoms with Gasteiger partial charge in [0.15, 0.2) is 5.13 Å². The molecule has 2 aromatic heterocycles. The highest BCUT2D eigenvalue weighted by molar-refractivity contribution is 7.14. The first-order valence-corrected chi connectivity index (χ1v) is 7.20. The Morgan fingerprint density at radius 3 is 2.95 bits per heavy atom. The molecule has 0 bridgehead atoms. The minimum atomic E-state index is -2.83. The minimum absolute atomic E-state index is 0.373. The van der Waals surface area contributed by atoms with Crippen molar-refractivity contribution in [1.29, 1.82) is 0 Å². The molecule has 0 aromatic carbocycles. The van der Waals surface area contributed by atoms with E-state index in [1.165, 1.54) is 11.3 Å². The molecule has 3 rings (SSSR count). The summed E-state index contributed by atoms with van der Waals surface area (Å²) in [6.07, 6.45) is 1.16. The molecule has 8 heteroatoms. The maximum Gasteiger partial charge on any atom is 0.262 e. The van der Waals surface area contributed by atoms with Crippen LogP contribution in [0.2, 0.25) is 0 Å². The predicted molar refractivity (Wildman–Crippen MR) is 75.3 cm³/mol. The first-order valence-electron chi connectivity index (χ1n) is 6.32. The van der Waals surface area contributed by atoms with Crippen molar-refractivity contribution < 1.29 is 13.6 Å². The zero-order chi connectivity index (χ0) is 14.9. The molecule has 1 aliphatic heterocycles. The van der Waals surface area contributed by atoms with E-state index in [2.05, 4.69) is 20.6 Å². The Bertz CT molecular complexity index is 647. The van der Waals surface area contributed by atoms with Crippen molar-refractivity contribution in [2.24, 2.45) is 0 Å². The van der Waals surface area contributed by atoms with E-state index in [-0.39, 0.29) is 0 Å². The number of pyridine rings is 1. The third-order valence-electron chi connectivity index (χ3n) is 3.09. The summed E-state index contributed by atoms with van der Waals surface area (Å²) in [5.74, 6) is -3.32. The lowest BCUT2D eigenvalue weighted by Crippen LogP contribution is -2.35. The summed E-state index contributed by atoms with van der Waals surface area (Å²) < 4.78 is 26.1. The molecule has 5 nitrogen and oxygen atoms in total. The van der Waals surface area contributed by atoms with E-state index in [1.807, 2.05) is 6.07 Å². The second-order valence-electron chi connectivity index (χ2n) is 4.74. The number of nitrogens with zero attached hydrogens (tertiary/aromatic N) is 2. The average molecular weight is 310 g/mol. The number of anilines is 1. The molecule has 110 valence electrons. The number of thiazole rings is 1. The summed E-state index contributed by atoms with van der Waals surface area (Å²) >= 11 is 1.23. The molecule has 3 heterocycles. The largest absolute Gasteiger partial charge is 0.301 e. The number of hydrogen-bond donors (Lipinski definition) is 2. The zero-order valence-corrected chi connectivity index (χ0v) is 11.7. The summed E-state index contributed by atoms with van der Waals surface area (Å²) in [6.45, 7) is -0.470. The topological polar surface area (TPSA) is 66.9 Å². The van der Waals surface area contributed by atoms with Gasteiger partial charge in [-0.05, 0) is 12.1 Å². The molecule has 0 saturated carbocycles. The van der Waals surface area contributed by atoms with Crippen LogP contribution in [-0.4, -0.2) is 34.4 Å². The smallest absolute Gasteiger partial charge is 0.262 e. The molecule has 0 spiro atoms. The number of amides is 1. The highest BCUT2D eigenvalue weighted by atomic mass is 32.1. The van der Waals surface area contributed by atoms with Crippen molar-refractivity contribution in [1.82, 2.24) is 15.3 Å². The molecule has 1 fully saturated rings. The van der Waals surface area contributed by atoms with Crippen LogP contribution in [0.4, 0.5) is 13.9 Å². The van der Waals surface area contributed by atoms with Crippen LogP contribution >= 0.6 is 11.3 Å². The molecule has 21 heavy (non-hydrogen) atoms. The molecule has 2 aromatic rings. The van der Waals surface area contributed by atoms with Gasteiger partial charge in [-0.15, -0.1) is 11.3 Å². The summed E-state index contributed by atoms with van der Waals surface area (Å²) in [5.41, 5.74) is 1.33. The van der Waals surface area contributed by atoms with Gasteiger partial charge in [-0.1, -0.05) is 6.07 Å². The monoisotopic (exact) mass is 310 g/mol. The Kier molecular flexibility index (Phi) is 3.64. The summed E-state index contributed by atoms with van der Waals surface area (Å²) in [4.78, 5) is 20.3. The van der Waals surface area contributed by atoms with Crippen LogP contribution in [0.1, 0.15) is 6.42 Å². The summed E-state index contributed by atoms with van der Waals surface area (Å²) in [7, 11) is 0. The second-order valence-corrected chi connectivity index (χ2v) is 5.59. The van der Waals surface area contributed by atoms with Gasteiger partial charge in [-0.2, -0.15) is 0 Å². The van der Waals surface area contributed by atoms with Crippen molar-refractivity contribution in [3.63, 3.8) is 0 Å². The first-order chi connectivity index (χ1) is 10.0. The molecule has 1 amide bonds. The van der Waals surface area contributed by atoms with Crippen LogP contribution in [0.25, 0.3) is 11.4 Å². The summed E-state index contributed by atoms with van der Waals surface area (Å²) in [6, 6.07) is 4.55. The third-order valence-corrected chi connectivity index (χ3v) is 3.85. The highest BCUT2D eigenvalue weighted by Gasteiger charge is 2.42. The standard InChI is InChI=1S/C13H12F2N4OS/c14-13(15)5-9(17-7-13)11(20)19-12-18-10(6-21-12)8-3-1-2-4-16-8/h1-4,6,9,17H,5,7H2,(H,18,19,20). The predicted octanol–water partition coefficient (Wildman–Crippen LogP) is 2.14. The molecule has 1 aliphatic rings. The van der Waals surface area contributed by atoms with Crippen molar-refractivity contribution in [3.8, 4) is 11.4 Å². The number of alkyl halides is 2. The van der Waals surface area contributed by atoms with Crippen LogP contribution < -0.4 is 10.6 Å². The zero-order valence-electron chi connectivity index (χ0n) is 10.8. The molecular weight excluding hydrogens is 298 g/mol. The van der Waals surface area contributed by atoms with Crippen molar-refractivity contribution in [2.75, 3.05) is 11.9 Å². The third kappa shape index (κ3) is 3.22. The number of halogens is 2. The van der Waals surface area contributed by atoms with E-state index < -0.39 is 30.8 Å². The Morgan fingerprint density at radius 2 is 2.29 bits per heavy atom. The fourth-order valence-corrected chi connectivity index (χ4v) is 2.76. The van der Waals surface area contributed by atoms with E-state index in [9.17, 15) is 13.6 Å².